The van der Waals surface area contributed by atoms with Gasteiger partial charge >= 0.3 is 11.9 Å². The van der Waals surface area contributed by atoms with Gasteiger partial charge in [0.25, 0.3) is 0 Å². The number of hydrogen-bond donors (Lipinski definition) is 2. The summed E-state index contributed by atoms with van der Waals surface area (Å²) in [5.74, 6) is -1.79. The van der Waals surface area contributed by atoms with Crippen LogP contribution < -0.4 is 10.2 Å². The number of para-hydroxylation sites is 1. The highest BCUT2D eigenvalue weighted by Gasteiger charge is 2.34. The number of nitrogens with one attached hydrogen (secondary N) is 1. The summed E-state index contributed by atoms with van der Waals surface area (Å²) in [6.07, 6.45) is 2.42. The largest absolute Gasteiger partial charge is 0.480 e. The van der Waals surface area contributed by atoms with Crippen LogP contribution in [0.2, 0.25) is 0 Å². The Morgan fingerprint density at radius 3 is 2.57 bits per heavy atom. The summed E-state index contributed by atoms with van der Waals surface area (Å²) in [5, 5.41) is 12.3. The lowest BCUT2D eigenvalue weighted by Gasteiger charge is -2.27. The molecule has 1 aromatic rings. The number of fused-ring (bicyclic) bond motifs is 1. The van der Waals surface area contributed by atoms with E-state index in [1.807, 2.05) is 32.9 Å². The van der Waals surface area contributed by atoms with Gasteiger partial charge in [0, 0.05) is 5.69 Å². The molecule has 0 fully saturated rings. The molecule has 2 rings (SSSR count). The Bertz CT molecular complexity index is 662. The van der Waals surface area contributed by atoms with E-state index < -0.39 is 24.6 Å². The Morgan fingerprint density at radius 2 is 1.96 bits per heavy atom. The fourth-order valence-electron chi connectivity index (χ4n) is 3.21. The Hall–Kier alpha value is -2.41. The van der Waals surface area contributed by atoms with E-state index in [0.717, 1.165) is 12.0 Å². The zero-order chi connectivity index (χ0) is 21.1. The molecule has 7 nitrogen and oxygen atoms in total. The van der Waals surface area contributed by atoms with Crippen molar-refractivity contribution in [3.05, 3.63) is 29.8 Å². The summed E-state index contributed by atoms with van der Waals surface area (Å²) in [6, 6.07) is 6.09. The van der Waals surface area contributed by atoms with Gasteiger partial charge in [-0.05, 0) is 37.8 Å². The van der Waals surface area contributed by atoms with Crippen molar-refractivity contribution in [2.45, 2.75) is 65.5 Å². The number of esters is 1. The number of hydrogen-bond acceptors (Lipinski definition) is 5. The number of amides is 1. The molecule has 1 aliphatic heterocycles. The second-order valence-electron chi connectivity index (χ2n) is 6.30. The van der Waals surface area contributed by atoms with Crippen molar-refractivity contribution in [3.8, 4) is 0 Å². The number of carbonyl (C=O) groups excluding carboxylic acids is 2. The van der Waals surface area contributed by atoms with E-state index in [4.69, 9.17) is 4.74 Å². The molecule has 28 heavy (non-hydrogen) atoms. The molecule has 1 amide bonds. The third kappa shape index (κ3) is 6.34. The van der Waals surface area contributed by atoms with Crippen LogP contribution in [0.3, 0.4) is 0 Å². The van der Waals surface area contributed by atoms with Gasteiger partial charge in [-0.15, -0.1) is 0 Å². The zero-order valence-corrected chi connectivity index (χ0v) is 17.2. The number of anilines is 1. The maximum absolute atomic E-state index is 13.0. The van der Waals surface area contributed by atoms with Crippen LogP contribution in [0.25, 0.3) is 0 Å². The molecular formula is C21H32N2O5. The summed E-state index contributed by atoms with van der Waals surface area (Å²) >= 11 is 0. The van der Waals surface area contributed by atoms with Gasteiger partial charge in [-0.2, -0.15) is 0 Å². The van der Waals surface area contributed by atoms with Crippen LogP contribution in [-0.4, -0.2) is 48.2 Å². The van der Waals surface area contributed by atoms with Crippen LogP contribution in [-0.2, 0) is 25.5 Å². The molecule has 2 N–H and O–H groups in total. The Kier molecular flexibility index (Phi) is 10.2. The number of ether oxygens (including phenoxy) is 1. The highest BCUT2D eigenvalue weighted by molar-refractivity contribution is 6.02. The van der Waals surface area contributed by atoms with Crippen LogP contribution in [0.1, 0.15) is 52.5 Å². The molecule has 0 spiro atoms. The molecule has 0 aliphatic carbocycles. The van der Waals surface area contributed by atoms with Gasteiger partial charge in [0.1, 0.15) is 12.6 Å². The number of benzene rings is 1. The predicted octanol–water partition coefficient (Wildman–Crippen LogP) is 2.77. The van der Waals surface area contributed by atoms with Crippen LogP contribution in [0.4, 0.5) is 5.69 Å². The maximum Gasteiger partial charge on any atom is 0.323 e. The molecule has 0 bridgehead atoms. The van der Waals surface area contributed by atoms with Gasteiger partial charge in [0.15, 0.2) is 0 Å². The molecule has 1 heterocycles. The van der Waals surface area contributed by atoms with Crippen molar-refractivity contribution in [1.29, 1.82) is 0 Å². The minimum absolute atomic E-state index is 0.274. The minimum atomic E-state index is -1.08. The zero-order valence-electron chi connectivity index (χ0n) is 17.2. The molecule has 1 aliphatic rings. The standard InChI is InChI=1S/C19H26N2O5.C2H6/c1-3-7-15(19(25)26-4-2)20-14-11-10-13-8-5-6-9-16(13)21(18(14)24)12-17(22)23;1-2/h5-6,8-9,14-15,20H,3-4,7,10-12H2,1-2H3,(H,22,23);1-2H3. The van der Waals surface area contributed by atoms with Crippen LogP contribution in [0.5, 0.6) is 0 Å². The Balaban J connectivity index is 0.00000190. The topological polar surface area (TPSA) is 95.9 Å². The number of nitrogens with zero attached hydrogens (tertiary/aromatic N) is 1. The summed E-state index contributed by atoms with van der Waals surface area (Å²) in [5.41, 5.74) is 1.54. The van der Waals surface area contributed by atoms with E-state index in [9.17, 15) is 19.5 Å². The van der Waals surface area contributed by atoms with Gasteiger partial charge in [0.2, 0.25) is 5.91 Å². The number of aryl methyl sites for hydroxylation is 1. The van der Waals surface area contributed by atoms with E-state index in [-0.39, 0.29) is 18.5 Å². The molecule has 2 atom stereocenters. The molecule has 2 unspecified atom stereocenters. The van der Waals surface area contributed by atoms with Crippen molar-refractivity contribution >= 4 is 23.5 Å². The van der Waals surface area contributed by atoms with Crippen molar-refractivity contribution < 1.29 is 24.2 Å². The second-order valence-corrected chi connectivity index (χ2v) is 6.30. The van der Waals surface area contributed by atoms with Gasteiger partial charge in [-0.1, -0.05) is 45.4 Å². The fourth-order valence-corrected chi connectivity index (χ4v) is 3.21. The number of rotatable bonds is 8. The van der Waals surface area contributed by atoms with Crippen LogP contribution >= 0.6 is 0 Å². The number of carbonyl (C=O) groups is 3. The van der Waals surface area contributed by atoms with Gasteiger partial charge < -0.3 is 9.84 Å². The average molecular weight is 392 g/mol. The number of carboxylic acids is 1. The number of aliphatic carboxylic acids is 1. The van der Waals surface area contributed by atoms with Crippen LogP contribution in [0, 0.1) is 0 Å². The van der Waals surface area contributed by atoms with E-state index >= 15 is 0 Å². The van der Waals surface area contributed by atoms with Gasteiger partial charge in [0.05, 0.1) is 12.6 Å². The Morgan fingerprint density at radius 1 is 1.29 bits per heavy atom. The molecule has 0 radical (unpaired) electrons. The normalized spacial score (nSPS) is 16.9. The predicted molar refractivity (Wildman–Crippen MR) is 108 cm³/mol. The lowest BCUT2D eigenvalue weighted by Crippen LogP contribution is -2.53. The lowest BCUT2D eigenvalue weighted by atomic mass is 10.0. The molecule has 0 saturated heterocycles. The maximum atomic E-state index is 13.0. The van der Waals surface area contributed by atoms with E-state index in [2.05, 4.69) is 5.32 Å². The fraction of sp³-hybridized carbons (Fsp3) is 0.571. The highest BCUT2D eigenvalue weighted by atomic mass is 16.5. The SMILES string of the molecule is CC.CCCC(NC1CCc2ccccc2N(CC(=O)O)C1=O)C(=O)OCC. The molecule has 0 aromatic heterocycles. The highest BCUT2D eigenvalue weighted by Crippen LogP contribution is 2.27. The smallest absolute Gasteiger partial charge is 0.323 e. The first kappa shape index (κ1) is 23.6. The van der Waals surface area contributed by atoms with Gasteiger partial charge in [-0.3, -0.25) is 24.6 Å². The summed E-state index contributed by atoms with van der Waals surface area (Å²) < 4.78 is 5.10. The minimum Gasteiger partial charge on any atom is -0.480 e. The first-order valence-corrected chi connectivity index (χ1v) is 10.0. The van der Waals surface area contributed by atoms with Gasteiger partial charge in [-0.25, -0.2) is 0 Å². The summed E-state index contributed by atoms with van der Waals surface area (Å²) in [6.45, 7) is 7.56. The Labute approximate surface area is 167 Å². The molecule has 156 valence electrons. The third-order valence-electron chi connectivity index (χ3n) is 4.39. The average Bonchev–Trinajstić information content (AvgIpc) is 2.81. The van der Waals surface area contributed by atoms with Crippen molar-refractivity contribution in [3.63, 3.8) is 0 Å². The molecule has 7 heteroatoms. The first-order valence-electron chi connectivity index (χ1n) is 10.0. The third-order valence-corrected chi connectivity index (χ3v) is 4.39. The van der Waals surface area contributed by atoms with Crippen molar-refractivity contribution in [2.75, 3.05) is 18.1 Å². The van der Waals surface area contributed by atoms with Crippen molar-refractivity contribution in [1.82, 2.24) is 5.32 Å². The molecule has 1 aromatic carbocycles. The van der Waals surface area contributed by atoms with E-state index in [1.165, 1.54) is 4.90 Å². The quantitative estimate of drug-likeness (QED) is 0.661. The van der Waals surface area contributed by atoms with Crippen LogP contribution in [0.15, 0.2) is 24.3 Å². The first-order chi connectivity index (χ1) is 13.5. The number of carboxylic acid groups (broad SMARTS) is 1. The van der Waals surface area contributed by atoms with E-state index in [0.29, 0.717) is 24.9 Å². The molecular weight excluding hydrogens is 360 g/mol. The second kappa shape index (κ2) is 12.1. The summed E-state index contributed by atoms with van der Waals surface area (Å²) in [4.78, 5) is 37.7. The summed E-state index contributed by atoms with van der Waals surface area (Å²) in [7, 11) is 0. The van der Waals surface area contributed by atoms with E-state index in [1.54, 1.807) is 19.1 Å². The van der Waals surface area contributed by atoms with Crippen molar-refractivity contribution in [2.24, 2.45) is 0 Å². The monoisotopic (exact) mass is 392 g/mol. The lowest BCUT2D eigenvalue weighted by molar-refractivity contribution is -0.146. The molecule has 0 saturated carbocycles.